The Morgan fingerprint density at radius 2 is 1.85 bits per heavy atom. The Kier molecular flexibility index (Phi) is 5.53. The molecule has 0 spiro atoms. The quantitative estimate of drug-likeness (QED) is 0.463. The van der Waals surface area contributed by atoms with E-state index in [1.807, 2.05) is 30.5 Å². The maximum absolute atomic E-state index is 13.2. The molecule has 33 heavy (non-hydrogen) atoms. The first-order chi connectivity index (χ1) is 16.0. The minimum atomic E-state index is -2.78. The van der Waals surface area contributed by atoms with E-state index in [2.05, 4.69) is 21.1 Å². The zero-order chi connectivity index (χ0) is 22.9. The molecule has 4 aromatic rings. The molecule has 1 aliphatic heterocycles. The zero-order valence-electron chi connectivity index (χ0n) is 18.0. The molecule has 5 heterocycles. The van der Waals surface area contributed by atoms with Gasteiger partial charge >= 0.3 is 0 Å². The number of pyridine rings is 3. The normalized spacial score (nSPS) is 14.8. The van der Waals surface area contributed by atoms with Crippen molar-refractivity contribution in [2.24, 2.45) is 7.05 Å². The zero-order valence-corrected chi connectivity index (χ0v) is 18.0. The Bertz CT molecular complexity index is 1300. The van der Waals surface area contributed by atoms with E-state index < -0.39 is 18.0 Å². The lowest BCUT2D eigenvalue weighted by Gasteiger charge is -2.31. The number of fused-ring (bicyclic) bond motifs is 1. The Balaban J connectivity index is 1.30. The van der Waals surface area contributed by atoms with Gasteiger partial charge in [0.15, 0.2) is 5.65 Å². The summed E-state index contributed by atoms with van der Waals surface area (Å²) >= 11 is 0. The Labute approximate surface area is 189 Å². The van der Waals surface area contributed by atoms with E-state index in [0.717, 1.165) is 22.2 Å². The monoisotopic (exact) mass is 448 g/mol. The van der Waals surface area contributed by atoms with Crippen molar-refractivity contribution >= 4 is 16.9 Å². The summed E-state index contributed by atoms with van der Waals surface area (Å²) in [5.41, 5.74) is 3.19. The number of aromatic nitrogens is 5. The van der Waals surface area contributed by atoms with Gasteiger partial charge in [-0.15, -0.1) is 0 Å². The van der Waals surface area contributed by atoms with Crippen LogP contribution in [0, 0.1) is 0 Å². The number of likely N-dealkylation sites (tertiary alicyclic amines) is 1. The maximum Gasteiger partial charge on any atom is 0.282 e. The summed E-state index contributed by atoms with van der Waals surface area (Å²) in [5, 5.41) is 4.70. The number of carbonyl (C=O) groups is 1. The number of carbonyl (C=O) groups excluding carboxylic acids is 1. The van der Waals surface area contributed by atoms with Gasteiger partial charge in [0.2, 0.25) is 0 Å². The summed E-state index contributed by atoms with van der Waals surface area (Å²) in [7, 11) is 1.54. The van der Waals surface area contributed by atoms with Crippen LogP contribution in [0.1, 0.15) is 46.9 Å². The van der Waals surface area contributed by atoms with Crippen molar-refractivity contribution in [3.63, 3.8) is 0 Å². The molecule has 1 aliphatic rings. The Morgan fingerprint density at radius 1 is 1.09 bits per heavy atom. The van der Waals surface area contributed by atoms with Gasteiger partial charge < -0.3 is 4.90 Å². The van der Waals surface area contributed by atoms with Crippen LogP contribution in [0.3, 0.4) is 0 Å². The molecule has 0 bridgehead atoms. The fourth-order valence-corrected chi connectivity index (χ4v) is 4.34. The topological polar surface area (TPSA) is 76.8 Å². The molecule has 7 nitrogen and oxygen atoms in total. The molecule has 0 unspecified atom stereocenters. The van der Waals surface area contributed by atoms with Gasteiger partial charge in [0.05, 0.1) is 5.56 Å². The maximum atomic E-state index is 13.2. The predicted octanol–water partition coefficient (Wildman–Crippen LogP) is 4.38. The highest BCUT2D eigenvalue weighted by atomic mass is 19.3. The first-order valence-electron chi connectivity index (χ1n) is 10.8. The van der Waals surface area contributed by atoms with Crippen molar-refractivity contribution in [3.8, 4) is 11.1 Å². The first-order valence-corrected chi connectivity index (χ1v) is 10.8. The molecule has 0 radical (unpaired) electrons. The highest BCUT2D eigenvalue weighted by Crippen LogP contribution is 2.30. The smallest absolute Gasteiger partial charge is 0.282 e. The average Bonchev–Trinajstić information content (AvgIpc) is 3.25. The van der Waals surface area contributed by atoms with Gasteiger partial charge in [0.25, 0.3) is 12.3 Å². The third-order valence-corrected chi connectivity index (χ3v) is 6.07. The van der Waals surface area contributed by atoms with Crippen molar-refractivity contribution in [1.29, 1.82) is 0 Å². The number of amides is 1. The molecular formula is C24H22F2N6O. The molecule has 0 saturated carbocycles. The number of piperidine rings is 1. The van der Waals surface area contributed by atoms with Crippen molar-refractivity contribution in [1.82, 2.24) is 29.6 Å². The van der Waals surface area contributed by atoms with Gasteiger partial charge in [-0.2, -0.15) is 5.10 Å². The third-order valence-electron chi connectivity index (χ3n) is 6.07. The fraction of sp³-hybridized carbons (Fsp3) is 0.292. The van der Waals surface area contributed by atoms with Crippen LogP contribution in [-0.2, 0) is 7.05 Å². The highest BCUT2D eigenvalue weighted by Gasteiger charge is 2.30. The summed E-state index contributed by atoms with van der Waals surface area (Å²) < 4.78 is 27.7. The number of nitrogens with zero attached hydrogens (tertiary/aromatic N) is 6. The van der Waals surface area contributed by atoms with Gasteiger partial charge in [-0.3, -0.25) is 14.5 Å². The fourth-order valence-electron chi connectivity index (χ4n) is 4.34. The van der Waals surface area contributed by atoms with Crippen molar-refractivity contribution < 1.29 is 13.6 Å². The van der Waals surface area contributed by atoms with Crippen LogP contribution in [0.15, 0.2) is 55.1 Å². The van der Waals surface area contributed by atoms with Crippen LogP contribution in [0.25, 0.3) is 22.2 Å². The third kappa shape index (κ3) is 4.18. The Hall–Kier alpha value is -3.75. The summed E-state index contributed by atoms with van der Waals surface area (Å²) in [6.07, 6.45) is 5.32. The van der Waals surface area contributed by atoms with Gasteiger partial charge in [0, 0.05) is 67.5 Å². The van der Waals surface area contributed by atoms with Gasteiger partial charge in [0.1, 0.15) is 5.69 Å². The van der Waals surface area contributed by atoms with E-state index in [-0.39, 0.29) is 11.5 Å². The molecule has 1 fully saturated rings. The molecule has 4 aromatic heterocycles. The standard InChI is InChI=1S/C24H22F2N6O/c1-31-14-19(21(30-31)22(25)26)24(33)32-10-6-16(7-11-32)20-3-2-17-12-18(13-28-23(17)29-20)15-4-8-27-9-5-15/h2-5,8-9,12-14,16,22H,6-7,10-11H2,1H3. The lowest BCUT2D eigenvalue weighted by atomic mass is 9.92. The van der Waals surface area contributed by atoms with Crippen molar-refractivity contribution in [2.45, 2.75) is 25.2 Å². The summed E-state index contributed by atoms with van der Waals surface area (Å²) in [5.74, 6) is -0.211. The second-order valence-corrected chi connectivity index (χ2v) is 8.21. The predicted molar refractivity (Wildman–Crippen MR) is 119 cm³/mol. The minimum Gasteiger partial charge on any atom is -0.338 e. The number of aryl methyl sites for hydroxylation is 1. The molecule has 5 rings (SSSR count). The van der Waals surface area contributed by atoms with Crippen LogP contribution >= 0.6 is 0 Å². The van der Waals surface area contributed by atoms with E-state index in [4.69, 9.17) is 4.98 Å². The molecule has 168 valence electrons. The van der Waals surface area contributed by atoms with E-state index in [0.29, 0.717) is 31.6 Å². The van der Waals surface area contributed by atoms with Gasteiger partial charge in [-0.1, -0.05) is 0 Å². The van der Waals surface area contributed by atoms with E-state index in [1.165, 1.54) is 17.9 Å². The molecule has 0 aromatic carbocycles. The lowest BCUT2D eigenvalue weighted by molar-refractivity contribution is 0.0700. The molecule has 9 heteroatoms. The summed E-state index contributed by atoms with van der Waals surface area (Å²) in [6.45, 7) is 0.963. The molecule has 0 atom stereocenters. The second-order valence-electron chi connectivity index (χ2n) is 8.21. The van der Waals surface area contributed by atoms with Crippen LogP contribution < -0.4 is 0 Å². The summed E-state index contributed by atoms with van der Waals surface area (Å²) in [4.78, 5) is 27.8. The van der Waals surface area contributed by atoms with Gasteiger partial charge in [-0.25, -0.2) is 18.7 Å². The number of halogens is 2. The largest absolute Gasteiger partial charge is 0.338 e. The van der Waals surface area contributed by atoms with Crippen LogP contribution in [0.4, 0.5) is 8.78 Å². The number of rotatable bonds is 4. The number of hydrogen-bond acceptors (Lipinski definition) is 5. The molecule has 1 saturated heterocycles. The van der Waals surface area contributed by atoms with Crippen molar-refractivity contribution in [3.05, 3.63) is 72.1 Å². The van der Waals surface area contributed by atoms with Gasteiger partial charge in [-0.05, 0) is 48.7 Å². The van der Waals surface area contributed by atoms with E-state index in [1.54, 1.807) is 17.3 Å². The van der Waals surface area contributed by atoms with Crippen LogP contribution in [-0.4, -0.2) is 48.6 Å². The number of hydrogen-bond donors (Lipinski definition) is 0. The second kappa shape index (κ2) is 8.65. The van der Waals surface area contributed by atoms with Crippen LogP contribution in [0.2, 0.25) is 0 Å². The highest BCUT2D eigenvalue weighted by molar-refractivity contribution is 5.95. The molecule has 0 N–H and O–H groups in total. The lowest BCUT2D eigenvalue weighted by Crippen LogP contribution is -2.38. The molecule has 0 aliphatic carbocycles. The van der Waals surface area contributed by atoms with E-state index >= 15 is 0 Å². The molecule has 1 amide bonds. The average molecular weight is 448 g/mol. The summed E-state index contributed by atoms with van der Waals surface area (Å²) in [6, 6.07) is 9.98. The van der Waals surface area contributed by atoms with Crippen LogP contribution in [0.5, 0.6) is 0 Å². The Morgan fingerprint density at radius 3 is 2.58 bits per heavy atom. The first kappa shape index (κ1) is 21.1. The van der Waals surface area contributed by atoms with E-state index in [9.17, 15) is 13.6 Å². The minimum absolute atomic E-state index is 0.0241. The molecular weight excluding hydrogens is 426 g/mol. The number of alkyl halides is 2. The SMILES string of the molecule is Cn1cc(C(=O)N2CCC(c3ccc4cc(-c5ccncc5)cnc4n3)CC2)c(C(F)F)n1. The van der Waals surface area contributed by atoms with Crippen molar-refractivity contribution in [2.75, 3.05) is 13.1 Å².